The third-order valence-electron chi connectivity index (χ3n) is 5.81. The molecule has 0 aromatic carbocycles. The van der Waals surface area contributed by atoms with Crippen molar-refractivity contribution in [2.24, 2.45) is 5.41 Å². The van der Waals surface area contributed by atoms with Gasteiger partial charge in [0.25, 0.3) is 0 Å². The quantitative estimate of drug-likeness (QED) is 0.554. The molecule has 2 aromatic heterocycles. The van der Waals surface area contributed by atoms with Crippen molar-refractivity contribution in [1.82, 2.24) is 0 Å². The molecule has 0 saturated carbocycles. The van der Waals surface area contributed by atoms with Gasteiger partial charge < -0.3 is 18.3 Å². The third-order valence-corrected chi connectivity index (χ3v) is 5.81. The molecule has 1 spiro atoms. The standard InChI is InChI=1S/C22H22O8/c1-12(23)7-18-15-8-22(9-19(30-21(22)26)14-5-6-27-10-14)20(25)4-3-17(29-13(2)24)16(15)11-28-18/h5-6,10-11,17,19H,3-4,7-9H2,1-2H3/t17-,19-,22-/m0/s1. The minimum absolute atomic E-state index is 0.0204. The summed E-state index contributed by atoms with van der Waals surface area (Å²) in [5.41, 5.74) is 0.458. The Labute approximate surface area is 172 Å². The molecule has 8 nitrogen and oxygen atoms in total. The number of rotatable bonds is 4. The lowest BCUT2D eigenvalue weighted by Gasteiger charge is -2.28. The molecule has 8 heteroatoms. The van der Waals surface area contributed by atoms with Gasteiger partial charge in [0.1, 0.15) is 29.2 Å². The Bertz CT molecular complexity index is 999. The predicted molar refractivity (Wildman–Crippen MR) is 100 cm³/mol. The number of ketones is 2. The molecule has 3 atom stereocenters. The first-order valence-corrected chi connectivity index (χ1v) is 9.82. The van der Waals surface area contributed by atoms with Gasteiger partial charge in [-0.25, -0.2) is 0 Å². The van der Waals surface area contributed by atoms with E-state index in [4.69, 9.17) is 18.3 Å². The number of hydrogen-bond acceptors (Lipinski definition) is 8. The van der Waals surface area contributed by atoms with E-state index in [2.05, 4.69) is 0 Å². The minimum atomic E-state index is -1.38. The Morgan fingerprint density at radius 3 is 2.70 bits per heavy atom. The second kappa shape index (κ2) is 7.59. The number of carbonyl (C=O) groups excluding carboxylic acids is 4. The van der Waals surface area contributed by atoms with Crippen molar-refractivity contribution >= 4 is 23.5 Å². The molecule has 1 fully saturated rings. The summed E-state index contributed by atoms with van der Waals surface area (Å²) >= 11 is 0. The fraction of sp³-hybridized carbons (Fsp3) is 0.455. The van der Waals surface area contributed by atoms with Gasteiger partial charge in [0.2, 0.25) is 0 Å². The van der Waals surface area contributed by atoms with Gasteiger partial charge in [-0.2, -0.15) is 0 Å². The van der Waals surface area contributed by atoms with E-state index in [-0.39, 0.29) is 43.7 Å². The van der Waals surface area contributed by atoms with Crippen LogP contribution in [0, 0.1) is 5.41 Å². The zero-order chi connectivity index (χ0) is 21.5. The SMILES string of the molecule is CC(=O)Cc1occ2c1C[C@]1(C[C@@H](c3ccoc3)OC1=O)C(=O)CC[C@@H]2OC(C)=O. The molecular weight excluding hydrogens is 392 g/mol. The van der Waals surface area contributed by atoms with Gasteiger partial charge in [-0.1, -0.05) is 0 Å². The van der Waals surface area contributed by atoms with E-state index in [1.807, 2.05) is 0 Å². The lowest BCUT2D eigenvalue weighted by Crippen LogP contribution is -2.40. The van der Waals surface area contributed by atoms with Gasteiger partial charge in [0, 0.05) is 36.5 Å². The molecule has 4 rings (SSSR count). The zero-order valence-corrected chi connectivity index (χ0v) is 16.8. The Hall–Kier alpha value is -3.16. The number of cyclic esters (lactones) is 1. The molecule has 1 aliphatic heterocycles. The summed E-state index contributed by atoms with van der Waals surface area (Å²) in [7, 11) is 0. The fourth-order valence-electron chi connectivity index (χ4n) is 4.36. The summed E-state index contributed by atoms with van der Waals surface area (Å²) in [5.74, 6) is -1.09. The molecule has 0 amide bonds. The summed E-state index contributed by atoms with van der Waals surface area (Å²) in [6.45, 7) is 2.73. The number of ether oxygens (including phenoxy) is 2. The minimum Gasteiger partial charge on any atom is -0.472 e. The topological polar surface area (TPSA) is 113 Å². The molecule has 1 aliphatic carbocycles. The number of esters is 2. The Kier molecular flexibility index (Phi) is 5.09. The molecule has 2 aliphatic rings. The highest BCUT2D eigenvalue weighted by molar-refractivity contribution is 6.05. The number of carbonyl (C=O) groups is 4. The van der Waals surface area contributed by atoms with Crippen LogP contribution in [-0.4, -0.2) is 23.5 Å². The normalized spacial score (nSPS) is 26.1. The maximum atomic E-state index is 13.3. The smallest absolute Gasteiger partial charge is 0.320 e. The summed E-state index contributed by atoms with van der Waals surface area (Å²) < 4.78 is 21.7. The maximum Gasteiger partial charge on any atom is 0.320 e. The number of hydrogen-bond donors (Lipinski definition) is 0. The monoisotopic (exact) mass is 414 g/mol. The number of fused-ring (bicyclic) bond motifs is 1. The summed E-state index contributed by atoms with van der Waals surface area (Å²) in [6, 6.07) is 1.70. The average molecular weight is 414 g/mol. The molecule has 0 bridgehead atoms. The summed E-state index contributed by atoms with van der Waals surface area (Å²) in [5, 5.41) is 0. The predicted octanol–water partition coefficient (Wildman–Crippen LogP) is 3.19. The van der Waals surface area contributed by atoms with Crippen LogP contribution < -0.4 is 0 Å². The van der Waals surface area contributed by atoms with E-state index in [1.165, 1.54) is 32.6 Å². The first kappa shape index (κ1) is 20.1. The molecule has 3 heterocycles. The summed E-state index contributed by atoms with van der Waals surface area (Å²) in [4.78, 5) is 49.6. The Morgan fingerprint density at radius 2 is 2.03 bits per heavy atom. The van der Waals surface area contributed by atoms with Crippen molar-refractivity contribution < 1.29 is 37.5 Å². The zero-order valence-electron chi connectivity index (χ0n) is 16.8. The molecular formula is C22H22O8. The fourth-order valence-corrected chi connectivity index (χ4v) is 4.36. The van der Waals surface area contributed by atoms with Crippen molar-refractivity contribution in [3.8, 4) is 0 Å². The second-order valence-corrected chi connectivity index (χ2v) is 7.95. The first-order chi connectivity index (χ1) is 14.3. The van der Waals surface area contributed by atoms with Gasteiger partial charge in [-0.3, -0.25) is 19.2 Å². The largest absolute Gasteiger partial charge is 0.472 e. The highest BCUT2D eigenvalue weighted by Crippen LogP contribution is 2.49. The lowest BCUT2D eigenvalue weighted by molar-refractivity contribution is -0.155. The molecule has 0 unspecified atom stereocenters. The highest BCUT2D eigenvalue weighted by atomic mass is 16.6. The van der Waals surface area contributed by atoms with E-state index >= 15 is 0 Å². The van der Waals surface area contributed by atoms with Crippen LogP contribution in [0.5, 0.6) is 0 Å². The van der Waals surface area contributed by atoms with Crippen molar-refractivity contribution in [2.75, 3.05) is 0 Å². The average Bonchev–Trinajstić information content (AvgIpc) is 3.38. The molecule has 158 valence electrons. The van der Waals surface area contributed by atoms with Gasteiger partial charge in [0.15, 0.2) is 5.78 Å². The van der Waals surface area contributed by atoms with Crippen molar-refractivity contribution in [3.63, 3.8) is 0 Å². The van der Waals surface area contributed by atoms with Crippen LogP contribution in [0.2, 0.25) is 0 Å². The van der Waals surface area contributed by atoms with Gasteiger partial charge >= 0.3 is 11.9 Å². The molecule has 1 saturated heterocycles. The molecule has 0 radical (unpaired) electrons. The van der Waals surface area contributed by atoms with E-state index < -0.39 is 29.6 Å². The summed E-state index contributed by atoms with van der Waals surface area (Å²) in [6.07, 6.45) is 3.67. The maximum absolute atomic E-state index is 13.3. The third kappa shape index (κ3) is 3.46. The molecule has 0 N–H and O–H groups in total. The van der Waals surface area contributed by atoms with Crippen LogP contribution in [0.4, 0.5) is 0 Å². The van der Waals surface area contributed by atoms with Crippen molar-refractivity contribution in [2.45, 2.75) is 58.2 Å². The van der Waals surface area contributed by atoms with Crippen molar-refractivity contribution in [3.05, 3.63) is 47.3 Å². The van der Waals surface area contributed by atoms with Crippen LogP contribution in [0.25, 0.3) is 0 Å². The van der Waals surface area contributed by atoms with E-state index in [0.29, 0.717) is 22.5 Å². The van der Waals surface area contributed by atoms with Crippen LogP contribution >= 0.6 is 0 Å². The highest BCUT2D eigenvalue weighted by Gasteiger charge is 2.56. The van der Waals surface area contributed by atoms with Crippen LogP contribution in [0.15, 0.2) is 33.7 Å². The number of Topliss-reactive ketones (excluding diaryl/α,β-unsaturated/α-hetero) is 2. The van der Waals surface area contributed by atoms with Gasteiger partial charge in [-0.05, 0) is 25.8 Å². The van der Waals surface area contributed by atoms with Crippen LogP contribution in [0.1, 0.15) is 67.8 Å². The van der Waals surface area contributed by atoms with Crippen molar-refractivity contribution in [1.29, 1.82) is 0 Å². The first-order valence-electron chi connectivity index (χ1n) is 9.82. The molecule has 30 heavy (non-hydrogen) atoms. The Morgan fingerprint density at radius 1 is 1.23 bits per heavy atom. The Balaban J connectivity index is 1.76. The van der Waals surface area contributed by atoms with Gasteiger partial charge in [0.05, 0.1) is 25.2 Å². The van der Waals surface area contributed by atoms with E-state index in [0.717, 1.165) is 0 Å². The van der Waals surface area contributed by atoms with Crippen LogP contribution in [-0.2, 0) is 41.5 Å². The second-order valence-electron chi connectivity index (χ2n) is 7.95. The van der Waals surface area contributed by atoms with E-state index in [9.17, 15) is 19.2 Å². The lowest BCUT2D eigenvalue weighted by atomic mass is 9.71. The van der Waals surface area contributed by atoms with E-state index in [1.54, 1.807) is 6.07 Å². The number of furan rings is 2. The van der Waals surface area contributed by atoms with Gasteiger partial charge in [-0.15, -0.1) is 0 Å². The molecule has 2 aromatic rings. The van der Waals surface area contributed by atoms with Crippen LogP contribution in [0.3, 0.4) is 0 Å².